The average Bonchev–Trinajstić information content (AvgIpc) is 2.38. The van der Waals surface area contributed by atoms with Gasteiger partial charge in [-0.3, -0.25) is 9.78 Å². The van der Waals surface area contributed by atoms with Crippen LogP contribution in [0.25, 0.3) is 0 Å². The van der Waals surface area contributed by atoms with Gasteiger partial charge >= 0.3 is 5.97 Å². The summed E-state index contributed by atoms with van der Waals surface area (Å²) in [6.07, 6.45) is 2.49. The van der Waals surface area contributed by atoms with Crippen LogP contribution in [0, 0.1) is 0 Å². The first-order valence-electron chi connectivity index (χ1n) is 5.46. The maximum atomic E-state index is 12.0. The predicted octanol–water partition coefficient (Wildman–Crippen LogP) is 2.50. The van der Waals surface area contributed by atoms with Crippen LogP contribution >= 0.6 is 15.9 Å². The molecule has 0 aliphatic rings. The number of aromatic nitrogens is 1. The zero-order valence-corrected chi connectivity index (χ0v) is 11.6. The van der Waals surface area contributed by atoms with E-state index < -0.39 is 11.9 Å². The molecule has 0 saturated carbocycles. The lowest BCUT2D eigenvalue weighted by Gasteiger charge is -2.09. The van der Waals surface area contributed by atoms with Crippen LogP contribution in [-0.2, 0) is 0 Å². The lowest BCUT2D eigenvalue weighted by molar-refractivity contribution is 0.0698. The summed E-state index contributed by atoms with van der Waals surface area (Å²) in [4.78, 5) is 26.8. The summed E-state index contributed by atoms with van der Waals surface area (Å²) >= 11 is 3.20. The summed E-state index contributed by atoms with van der Waals surface area (Å²) in [7, 11) is 0. The molecule has 1 amide bonds. The lowest BCUT2D eigenvalue weighted by Crippen LogP contribution is -2.15. The Kier molecular flexibility index (Phi) is 3.99. The van der Waals surface area contributed by atoms with Gasteiger partial charge in [0.2, 0.25) is 0 Å². The van der Waals surface area contributed by atoms with Crippen molar-refractivity contribution in [1.82, 2.24) is 4.98 Å². The number of aromatic hydroxyl groups is 1. The Hall–Kier alpha value is -2.41. The molecule has 0 atom stereocenters. The molecular weight excluding hydrogens is 328 g/mol. The van der Waals surface area contributed by atoms with Gasteiger partial charge in [-0.25, -0.2) is 4.79 Å². The second kappa shape index (κ2) is 5.70. The summed E-state index contributed by atoms with van der Waals surface area (Å²) < 4.78 is 0.622. The van der Waals surface area contributed by atoms with Crippen LogP contribution in [0.3, 0.4) is 0 Å². The number of carbonyl (C=O) groups excluding carboxylic acids is 1. The number of carbonyl (C=O) groups is 2. The highest BCUT2D eigenvalue weighted by Crippen LogP contribution is 2.23. The van der Waals surface area contributed by atoms with E-state index in [4.69, 9.17) is 5.11 Å². The van der Waals surface area contributed by atoms with Gasteiger partial charge in [-0.2, -0.15) is 0 Å². The number of pyridine rings is 1. The van der Waals surface area contributed by atoms with Gasteiger partial charge in [0.05, 0.1) is 23.0 Å². The van der Waals surface area contributed by atoms with Gasteiger partial charge in [-0.15, -0.1) is 0 Å². The highest BCUT2D eigenvalue weighted by molar-refractivity contribution is 9.10. The van der Waals surface area contributed by atoms with Crippen molar-refractivity contribution in [2.75, 3.05) is 5.32 Å². The molecule has 2 rings (SSSR count). The van der Waals surface area contributed by atoms with E-state index in [-0.39, 0.29) is 22.6 Å². The number of amides is 1. The van der Waals surface area contributed by atoms with Crippen LogP contribution in [0.1, 0.15) is 20.7 Å². The van der Waals surface area contributed by atoms with E-state index in [2.05, 4.69) is 26.2 Å². The van der Waals surface area contributed by atoms with Crippen LogP contribution in [0.4, 0.5) is 5.69 Å². The summed E-state index contributed by atoms with van der Waals surface area (Å²) in [5.41, 5.74) is 0.0968. The third-order valence-electron chi connectivity index (χ3n) is 2.50. The van der Waals surface area contributed by atoms with E-state index in [0.717, 1.165) is 6.20 Å². The molecule has 7 heteroatoms. The quantitative estimate of drug-likeness (QED) is 0.799. The fourth-order valence-electron chi connectivity index (χ4n) is 1.57. The largest absolute Gasteiger partial charge is 0.505 e. The molecule has 0 bridgehead atoms. The normalized spacial score (nSPS) is 10.1. The van der Waals surface area contributed by atoms with Gasteiger partial charge in [-0.1, -0.05) is 15.9 Å². The number of hydrogen-bond acceptors (Lipinski definition) is 4. The molecule has 0 radical (unpaired) electrons. The van der Waals surface area contributed by atoms with Crippen molar-refractivity contribution in [3.8, 4) is 5.75 Å². The Morgan fingerprint density at radius 3 is 2.60 bits per heavy atom. The standard InChI is InChI=1S/C13H9BrN2O4/c14-7-1-2-8(13(19)20)10(5-7)16-12(18)9-3-4-15-6-11(9)17/h1-6,17H,(H,16,18)(H,19,20). The third-order valence-corrected chi connectivity index (χ3v) is 3.00. The highest BCUT2D eigenvalue weighted by Gasteiger charge is 2.16. The van der Waals surface area contributed by atoms with Gasteiger partial charge in [0.1, 0.15) is 5.75 Å². The minimum atomic E-state index is -1.16. The highest BCUT2D eigenvalue weighted by atomic mass is 79.9. The number of anilines is 1. The maximum absolute atomic E-state index is 12.0. The van der Waals surface area contributed by atoms with E-state index in [1.165, 1.54) is 24.4 Å². The number of carboxylic acid groups (broad SMARTS) is 1. The van der Waals surface area contributed by atoms with E-state index in [1.807, 2.05) is 0 Å². The zero-order chi connectivity index (χ0) is 14.7. The van der Waals surface area contributed by atoms with Crippen molar-refractivity contribution in [3.05, 3.63) is 52.3 Å². The van der Waals surface area contributed by atoms with Gasteiger partial charge in [0.25, 0.3) is 5.91 Å². The fourth-order valence-corrected chi connectivity index (χ4v) is 1.94. The van der Waals surface area contributed by atoms with E-state index in [9.17, 15) is 14.7 Å². The Balaban J connectivity index is 2.35. The molecule has 0 spiro atoms. The number of benzene rings is 1. The van der Waals surface area contributed by atoms with Crippen molar-refractivity contribution < 1.29 is 19.8 Å². The van der Waals surface area contributed by atoms with Crippen LogP contribution < -0.4 is 5.32 Å². The van der Waals surface area contributed by atoms with E-state index >= 15 is 0 Å². The van der Waals surface area contributed by atoms with Crippen molar-refractivity contribution in [2.24, 2.45) is 0 Å². The SMILES string of the molecule is O=C(Nc1cc(Br)ccc1C(=O)O)c1ccncc1O. The molecule has 1 aromatic heterocycles. The minimum Gasteiger partial charge on any atom is -0.505 e. The molecule has 6 nitrogen and oxygen atoms in total. The van der Waals surface area contributed by atoms with Gasteiger partial charge < -0.3 is 15.5 Å². The summed E-state index contributed by atoms with van der Waals surface area (Å²) in [5, 5.41) is 21.1. The molecule has 3 N–H and O–H groups in total. The minimum absolute atomic E-state index is 0.0105. The molecule has 0 fully saturated rings. The molecule has 1 heterocycles. The monoisotopic (exact) mass is 336 g/mol. The molecule has 102 valence electrons. The number of nitrogens with zero attached hydrogens (tertiary/aromatic N) is 1. The zero-order valence-electron chi connectivity index (χ0n) is 10.0. The molecule has 0 saturated heterocycles. The fraction of sp³-hybridized carbons (Fsp3) is 0. The average molecular weight is 337 g/mol. The Bertz CT molecular complexity index is 688. The van der Waals surface area contributed by atoms with Gasteiger partial charge in [-0.05, 0) is 24.3 Å². The molecular formula is C13H9BrN2O4. The number of nitrogens with one attached hydrogen (secondary N) is 1. The van der Waals surface area contributed by atoms with Gasteiger partial charge in [0.15, 0.2) is 0 Å². The third kappa shape index (κ3) is 2.94. The van der Waals surface area contributed by atoms with Crippen molar-refractivity contribution in [3.63, 3.8) is 0 Å². The lowest BCUT2D eigenvalue weighted by atomic mass is 10.1. The topological polar surface area (TPSA) is 99.5 Å². The van der Waals surface area contributed by atoms with Gasteiger partial charge in [0, 0.05) is 10.7 Å². The Morgan fingerprint density at radius 1 is 1.20 bits per heavy atom. The Morgan fingerprint density at radius 2 is 1.95 bits per heavy atom. The summed E-state index contributed by atoms with van der Waals surface area (Å²) in [5.74, 6) is -2.06. The molecule has 2 aromatic rings. The van der Waals surface area contributed by atoms with Crippen molar-refractivity contribution in [1.29, 1.82) is 0 Å². The van der Waals surface area contributed by atoms with Crippen LogP contribution in [0.5, 0.6) is 5.75 Å². The second-order valence-electron chi connectivity index (χ2n) is 3.84. The maximum Gasteiger partial charge on any atom is 0.337 e. The number of halogens is 1. The molecule has 0 aliphatic carbocycles. The Labute approximate surface area is 122 Å². The number of carboxylic acids is 1. The first kappa shape index (κ1) is 14.0. The second-order valence-corrected chi connectivity index (χ2v) is 4.76. The smallest absolute Gasteiger partial charge is 0.337 e. The van der Waals surface area contributed by atoms with Crippen molar-refractivity contribution >= 4 is 33.5 Å². The molecule has 0 unspecified atom stereocenters. The summed E-state index contributed by atoms with van der Waals surface area (Å²) in [6.45, 7) is 0. The van der Waals surface area contributed by atoms with Crippen LogP contribution in [-0.4, -0.2) is 27.1 Å². The van der Waals surface area contributed by atoms with Crippen molar-refractivity contribution in [2.45, 2.75) is 0 Å². The number of aromatic carboxylic acids is 1. The molecule has 0 aliphatic heterocycles. The van der Waals surface area contributed by atoms with Crippen LogP contribution in [0.15, 0.2) is 41.1 Å². The number of rotatable bonds is 3. The number of hydrogen-bond donors (Lipinski definition) is 3. The molecule has 1 aromatic carbocycles. The first-order valence-corrected chi connectivity index (χ1v) is 6.25. The van der Waals surface area contributed by atoms with E-state index in [1.54, 1.807) is 6.07 Å². The molecule has 20 heavy (non-hydrogen) atoms. The first-order chi connectivity index (χ1) is 9.49. The van der Waals surface area contributed by atoms with E-state index in [0.29, 0.717) is 4.47 Å². The predicted molar refractivity (Wildman–Crippen MR) is 75.0 cm³/mol. The summed E-state index contributed by atoms with van der Waals surface area (Å²) in [6, 6.07) is 5.74. The van der Waals surface area contributed by atoms with Crippen LogP contribution in [0.2, 0.25) is 0 Å².